The van der Waals surface area contributed by atoms with E-state index in [-0.39, 0.29) is 12.1 Å². The number of aromatic carboxylic acids is 1. The lowest BCUT2D eigenvalue weighted by Gasteiger charge is -2.08. The van der Waals surface area contributed by atoms with E-state index in [0.29, 0.717) is 38.1 Å². The van der Waals surface area contributed by atoms with E-state index in [4.69, 9.17) is 4.74 Å². The fourth-order valence-electron chi connectivity index (χ4n) is 3.05. The Kier molecular flexibility index (Phi) is 4.98. The van der Waals surface area contributed by atoms with Gasteiger partial charge in [-0.1, -0.05) is 15.9 Å². The van der Waals surface area contributed by atoms with Gasteiger partial charge in [0.2, 0.25) is 0 Å². The molecular formula is C20H14BrFN4O3. The van der Waals surface area contributed by atoms with Crippen LogP contribution in [0.15, 0.2) is 53.4 Å². The Morgan fingerprint density at radius 3 is 2.69 bits per heavy atom. The number of ether oxygens (including phenoxy) is 1. The number of carboxylic acids is 1. The van der Waals surface area contributed by atoms with Crippen molar-refractivity contribution in [3.8, 4) is 17.0 Å². The van der Waals surface area contributed by atoms with E-state index in [2.05, 4.69) is 31.0 Å². The molecule has 29 heavy (non-hydrogen) atoms. The summed E-state index contributed by atoms with van der Waals surface area (Å²) in [6, 6.07) is 7.65. The first-order valence-corrected chi connectivity index (χ1v) is 9.28. The van der Waals surface area contributed by atoms with Gasteiger partial charge in [0.1, 0.15) is 11.6 Å². The SMILES string of the molecule is COc1cc(F)cc(-c2cnc(Cn3ncc4cc(Br)cc(C(=O)O)c43)cn2)c1. The lowest BCUT2D eigenvalue weighted by Crippen LogP contribution is -2.08. The van der Waals surface area contributed by atoms with Gasteiger partial charge in [0, 0.05) is 21.5 Å². The Balaban J connectivity index is 1.66. The molecule has 0 bridgehead atoms. The van der Waals surface area contributed by atoms with Crippen LogP contribution in [-0.4, -0.2) is 37.9 Å². The number of carbonyl (C=O) groups is 1. The lowest BCUT2D eigenvalue weighted by atomic mass is 10.1. The summed E-state index contributed by atoms with van der Waals surface area (Å²) in [6.07, 6.45) is 4.69. The van der Waals surface area contributed by atoms with E-state index in [1.54, 1.807) is 29.2 Å². The summed E-state index contributed by atoms with van der Waals surface area (Å²) in [6.45, 7) is 0.241. The summed E-state index contributed by atoms with van der Waals surface area (Å²) in [4.78, 5) is 20.3. The number of methoxy groups -OCH3 is 1. The van der Waals surface area contributed by atoms with Crippen LogP contribution in [0, 0.1) is 5.82 Å². The highest BCUT2D eigenvalue weighted by Gasteiger charge is 2.16. The third-order valence-corrected chi connectivity index (χ3v) is 4.81. The predicted molar refractivity (Wildman–Crippen MR) is 107 cm³/mol. The van der Waals surface area contributed by atoms with Crippen LogP contribution >= 0.6 is 15.9 Å². The summed E-state index contributed by atoms with van der Waals surface area (Å²) < 4.78 is 21.0. The van der Waals surface area contributed by atoms with Gasteiger partial charge in [-0.25, -0.2) is 9.18 Å². The van der Waals surface area contributed by atoms with Crippen molar-refractivity contribution in [1.29, 1.82) is 0 Å². The monoisotopic (exact) mass is 456 g/mol. The first kappa shape index (κ1) is 19.0. The average Bonchev–Trinajstić information content (AvgIpc) is 3.09. The Labute approximate surface area is 172 Å². The van der Waals surface area contributed by atoms with Crippen molar-refractivity contribution in [1.82, 2.24) is 19.7 Å². The van der Waals surface area contributed by atoms with Crippen molar-refractivity contribution in [2.75, 3.05) is 7.11 Å². The van der Waals surface area contributed by atoms with Crippen molar-refractivity contribution in [2.45, 2.75) is 6.54 Å². The van der Waals surface area contributed by atoms with Crippen LogP contribution in [0.5, 0.6) is 5.75 Å². The number of rotatable bonds is 5. The zero-order valence-electron chi connectivity index (χ0n) is 15.1. The second-order valence-corrected chi connectivity index (χ2v) is 7.19. The van der Waals surface area contributed by atoms with Gasteiger partial charge in [0.25, 0.3) is 0 Å². The fraction of sp³-hybridized carbons (Fsp3) is 0.100. The predicted octanol–water partition coefficient (Wildman–Crippen LogP) is 4.15. The van der Waals surface area contributed by atoms with Crippen LogP contribution in [0.2, 0.25) is 0 Å². The molecule has 0 amide bonds. The van der Waals surface area contributed by atoms with Crippen LogP contribution in [-0.2, 0) is 6.54 Å². The van der Waals surface area contributed by atoms with E-state index < -0.39 is 11.8 Å². The molecule has 0 aliphatic carbocycles. The first-order chi connectivity index (χ1) is 13.9. The van der Waals surface area contributed by atoms with Crippen molar-refractivity contribution in [3.63, 3.8) is 0 Å². The molecule has 146 valence electrons. The van der Waals surface area contributed by atoms with Crippen LogP contribution in [0.1, 0.15) is 16.1 Å². The highest BCUT2D eigenvalue weighted by atomic mass is 79.9. The molecule has 0 atom stereocenters. The Hall–Kier alpha value is -3.33. The highest BCUT2D eigenvalue weighted by molar-refractivity contribution is 9.10. The molecule has 4 rings (SSSR count). The Morgan fingerprint density at radius 1 is 1.17 bits per heavy atom. The number of carboxylic acid groups (broad SMARTS) is 1. The van der Waals surface area contributed by atoms with E-state index >= 15 is 0 Å². The molecule has 2 aromatic carbocycles. The van der Waals surface area contributed by atoms with Crippen LogP contribution in [0.3, 0.4) is 0 Å². The van der Waals surface area contributed by atoms with E-state index in [9.17, 15) is 14.3 Å². The molecule has 0 aliphatic rings. The number of benzene rings is 2. The summed E-state index contributed by atoms with van der Waals surface area (Å²) >= 11 is 3.31. The van der Waals surface area contributed by atoms with Gasteiger partial charge in [-0.05, 0) is 24.3 Å². The number of hydrogen-bond donors (Lipinski definition) is 1. The molecule has 0 radical (unpaired) electrons. The summed E-state index contributed by atoms with van der Waals surface area (Å²) in [5.41, 5.74) is 2.27. The molecule has 0 saturated heterocycles. The van der Waals surface area contributed by atoms with Gasteiger partial charge >= 0.3 is 5.97 Å². The zero-order valence-corrected chi connectivity index (χ0v) is 16.7. The summed E-state index contributed by atoms with van der Waals surface area (Å²) in [5, 5.41) is 14.5. The fourth-order valence-corrected chi connectivity index (χ4v) is 3.52. The number of aromatic nitrogens is 4. The number of fused-ring (bicyclic) bond motifs is 1. The van der Waals surface area contributed by atoms with Crippen LogP contribution in [0.25, 0.3) is 22.2 Å². The molecule has 0 aliphatic heterocycles. The van der Waals surface area contributed by atoms with Crippen molar-refractivity contribution < 1.29 is 19.0 Å². The molecule has 0 unspecified atom stereocenters. The lowest BCUT2D eigenvalue weighted by molar-refractivity contribution is 0.0698. The number of halogens is 2. The van der Waals surface area contributed by atoms with Crippen molar-refractivity contribution in [3.05, 3.63) is 70.5 Å². The molecule has 0 saturated carbocycles. The Bertz CT molecular complexity index is 1220. The standard InChI is InChI=1S/C20H14BrFN4O3/c1-29-16-4-11(3-14(22)6-16)18-9-23-15(8-24-18)10-26-19-12(7-25-26)2-13(21)5-17(19)20(27)28/h2-9H,10H2,1H3,(H,27,28). The maximum absolute atomic E-state index is 13.7. The van der Waals surface area contributed by atoms with Crippen molar-refractivity contribution >= 4 is 32.8 Å². The molecule has 9 heteroatoms. The first-order valence-electron chi connectivity index (χ1n) is 8.49. The quantitative estimate of drug-likeness (QED) is 0.485. The molecular weight excluding hydrogens is 443 g/mol. The minimum Gasteiger partial charge on any atom is -0.497 e. The molecule has 2 aromatic heterocycles. The van der Waals surface area contributed by atoms with Crippen LogP contribution < -0.4 is 4.74 Å². The van der Waals surface area contributed by atoms with Gasteiger partial charge in [-0.3, -0.25) is 14.6 Å². The maximum atomic E-state index is 13.7. The molecule has 0 spiro atoms. The second-order valence-electron chi connectivity index (χ2n) is 6.27. The molecule has 2 heterocycles. The smallest absolute Gasteiger partial charge is 0.337 e. The minimum absolute atomic E-state index is 0.142. The summed E-state index contributed by atoms with van der Waals surface area (Å²) in [5.74, 6) is -1.08. The topological polar surface area (TPSA) is 90.1 Å². The largest absolute Gasteiger partial charge is 0.497 e. The third kappa shape index (κ3) is 3.81. The van der Waals surface area contributed by atoms with Gasteiger partial charge < -0.3 is 9.84 Å². The van der Waals surface area contributed by atoms with E-state index in [1.165, 1.54) is 31.5 Å². The van der Waals surface area contributed by atoms with Gasteiger partial charge in [0.05, 0.1) is 54.7 Å². The van der Waals surface area contributed by atoms with E-state index in [1.807, 2.05) is 0 Å². The summed E-state index contributed by atoms with van der Waals surface area (Å²) in [7, 11) is 1.46. The zero-order chi connectivity index (χ0) is 20.5. The van der Waals surface area contributed by atoms with Gasteiger partial charge in [-0.2, -0.15) is 5.10 Å². The Morgan fingerprint density at radius 2 is 2.00 bits per heavy atom. The maximum Gasteiger partial charge on any atom is 0.337 e. The average molecular weight is 457 g/mol. The minimum atomic E-state index is -1.04. The highest BCUT2D eigenvalue weighted by Crippen LogP contribution is 2.26. The number of nitrogens with zero attached hydrogens (tertiary/aromatic N) is 4. The molecule has 7 nitrogen and oxygen atoms in total. The molecule has 0 fully saturated rings. The number of hydrogen-bond acceptors (Lipinski definition) is 5. The van der Waals surface area contributed by atoms with Crippen molar-refractivity contribution in [2.24, 2.45) is 0 Å². The van der Waals surface area contributed by atoms with Crippen LogP contribution in [0.4, 0.5) is 4.39 Å². The molecule has 4 aromatic rings. The normalized spacial score (nSPS) is 11.0. The van der Waals surface area contributed by atoms with Gasteiger partial charge in [0.15, 0.2) is 0 Å². The molecule has 1 N–H and O–H groups in total. The van der Waals surface area contributed by atoms with Gasteiger partial charge in [-0.15, -0.1) is 0 Å². The third-order valence-electron chi connectivity index (χ3n) is 4.35. The second kappa shape index (κ2) is 7.59. The van der Waals surface area contributed by atoms with E-state index in [0.717, 1.165) is 0 Å².